The maximum absolute atomic E-state index is 13.1. The molecule has 0 saturated carbocycles. The number of carbonyl (C=O) groups excluding carboxylic acids is 1. The van der Waals surface area contributed by atoms with Crippen LogP contribution < -0.4 is 5.32 Å². The first-order valence-electron chi connectivity index (χ1n) is 11.4. The highest BCUT2D eigenvalue weighted by Gasteiger charge is 2.30. The second kappa shape index (κ2) is 8.63. The van der Waals surface area contributed by atoms with E-state index in [-0.39, 0.29) is 17.3 Å². The van der Waals surface area contributed by atoms with Crippen molar-refractivity contribution in [2.45, 2.75) is 6.18 Å². The molecule has 182 valence electrons. The summed E-state index contributed by atoms with van der Waals surface area (Å²) in [5.74, 6) is 0.437. The van der Waals surface area contributed by atoms with E-state index in [1.54, 1.807) is 6.20 Å². The number of aromatic nitrogens is 4. The van der Waals surface area contributed by atoms with Gasteiger partial charge in [0.15, 0.2) is 11.6 Å². The average molecular weight is 497 g/mol. The van der Waals surface area contributed by atoms with Crippen LogP contribution in [-0.2, 0) is 11.0 Å². The Morgan fingerprint density at radius 3 is 2.41 bits per heavy atom. The molecule has 0 saturated heterocycles. The largest absolute Gasteiger partial charge is 0.416 e. The maximum Gasteiger partial charge on any atom is 0.416 e. The first-order chi connectivity index (χ1) is 17.8. The second-order valence-corrected chi connectivity index (χ2v) is 8.56. The summed E-state index contributed by atoms with van der Waals surface area (Å²) in [5.41, 5.74) is 4.97. The lowest BCUT2D eigenvalue weighted by Crippen LogP contribution is -2.04. The van der Waals surface area contributed by atoms with E-state index >= 15 is 0 Å². The fourth-order valence-electron chi connectivity index (χ4n) is 4.31. The number of rotatable bonds is 4. The van der Waals surface area contributed by atoms with Gasteiger partial charge in [-0.15, -0.1) is 0 Å². The van der Waals surface area contributed by atoms with Crippen molar-refractivity contribution in [2.75, 3.05) is 5.32 Å². The Hall–Kier alpha value is -4.92. The van der Waals surface area contributed by atoms with Crippen molar-refractivity contribution in [2.24, 2.45) is 0 Å². The minimum atomic E-state index is -4.45. The lowest BCUT2D eigenvalue weighted by Gasteiger charge is -2.07. The third-order valence-electron chi connectivity index (χ3n) is 6.13. The molecule has 37 heavy (non-hydrogen) atoms. The van der Waals surface area contributed by atoms with Gasteiger partial charge in [0.1, 0.15) is 0 Å². The summed E-state index contributed by atoms with van der Waals surface area (Å²) in [6, 6.07) is 22.0. The van der Waals surface area contributed by atoms with Gasteiger partial charge in [0.05, 0.1) is 11.1 Å². The first-order valence-corrected chi connectivity index (χ1v) is 11.4. The number of H-pyrrole nitrogens is 2. The van der Waals surface area contributed by atoms with Crippen LogP contribution in [0.5, 0.6) is 0 Å². The number of aromatic amines is 2. The lowest BCUT2D eigenvalue weighted by atomic mass is 9.98. The van der Waals surface area contributed by atoms with Gasteiger partial charge in [-0.2, -0.15) is 18.3 Å². The summed E-state index contributed by atoms with van der Waals surface area (Å²) < 4.78 is 39.3. The van der Waals surface area contributed by atoms with Gasteiger partial charge in [-0.25, -0.2) is 4.98 Å². The molecule has 2 aromatic heterocycles. The van der Waals surface area contributed by atoms with Crippen LogP contribution in [0.2, 0.25) is 0 Å². The summed E-state index contributed by atoms with van der Waals surface area (Å²) in [7, 11) is 0. The first kappa shape index (κ1) is 22.5. The molecule has 3 aromatic carbocycles. The number of amides is 1. The molecule has 3 N–H and O–H groups in total. The average Bonchev–Trinajstić information content (AvgIpc) is 3.65. The Morgan fingerprint density at radius 2 is 1.59 bits per heavy atom. The van der Waals surface area contributed by atoms with Crippen LogP contribution in [-0.4, -0.2) is 26.1 Å². The molecule has 6 rings (SSSR count). The summed E-state index contributed by atoms with van der Waals surface area (Å²) in [6.45, 7) is 0. The van der Waals surface area contributed by atoms with E-state index < -0.39 is 11.7 Å². The molecule has 0 radical (unpaired) electrons. The third-order valence-corrected chi connectivity index (χ3v) is 6.13. The molecule has 0 atom stereocenters. The maximum atomic E-state index is 13.1. The van der Waals surface area contributed by atoms with E-state index in [1.807, 2.05) is 60.7 Å². The van der Waals surface area contributed by atoms with Gasteiger partial charge in [0, 0.05) is 34.3 Å². The molecule has 0 fully saturated rings. The van der Waals surface area contributed by atoms with Crippen molar-refractivity contribution >= 4 is 23.2 Å². The molecule has 0 aliphatic carbocycles. The van der Waals surface area contributed by atoms with Crippen LogP contribution in [0.3, 0.4) is 0 Å². The summed E-state index contributed by atoms with van der Waals surface area (Å²) in [4.78, 5) is 20.1. The van der Waals surface area contributed by atoms with Crippen LogP contribution in [0, 0.1) is 0 Å². The molecule has 0 bridgehead atoms. The topological polar surface area (TPSA) is 86.5 Å². The van der Waals surface area contributed by atoms with Gasteiger partial charge >= 0.3 is 6.18 Å². The number of nitrogens with zero attached hydrogens (tertiary/aromatic N) is 2. The predicted octanol–water partition coefficient (Wildman–Crippen LogP) is 6.65. The number of halogens is 3. The standard InChI is InChI=1S/C28H18F3N5O/c29-28(30,31)20-7-2-6-19(13-20)26-34-25(35-36-26)18-5-1-4-16(12-18)17-9-10-22-23(15-21-8-3-11-32-21)27(37)33-24(22)14-17/h1-15,32H,(H,33,37)(H,34,35,36). The van der Waals surface area contributed by atoms with E-state index in [4.69, 9.17) is 0 Å². The Morgan fingerprint density at radius 1 is 0.811 bits per heavy atom. The predicted molar refractivity (Wildman–Crippen MR) is 135 cm³/mol. The SMILES string of the molecule is O=C1Nc2cc(-c3cccc(-c4nc(-c5cccc(C(F)(F)F)c5)n[nH]4)c3)ccc2C1=Cc1ccc[nH]1. The quantitative estimate of drug-likeness (QED) is 0.243. The molecular formula is C28H18F3N5O. The summed E-state index contributed by atoms with van der Waals surface area (Å²) >= 11 is 0. The van der Waals surface area contributed by atoms with Crippen LogP contribution >= 0.6 is 0 Å². The van der Waals surface area contributed by atoms with Crippen molar-refractivity contribution in [3.05, 3.63) is 102 Å². The number of benzene rings is 3. The van der Waals surface area contributed by atoms with Crippen LogP contribution in [0.4, 0.5) is 18.9 Å². The zero-order valence-electron chi connectivity index (χ0n) is 19.1. The number of nitrogens with one attached hydrogen (secondary N) is 3. The van der Waals surface area contributed by atoms with Crippen molar-refractivity contribution < 1.29 is 18.0 Å². The lowest BCUT2D eigenvalue weighted by molar-refractivity contribution is -0.137. The molecule has 1 aliphatic heterocycles. The minimum absolute atomic E-state index is 0.167. The monoisotopic (exact) mass is 497 g/mol. The smallest absolute Gasteiger partial charge is 0.362 e. The Balaban J connectivity index is 1.30. The van der Waals surface area contributed by atoms with Crippen LogP contribution in [0.1, 0.15) is 16.8 Å². The van der Waals surface area contributed by atoms with Gasteiger partial charge in [0.2, 0.25) is 0 Å². The van der Waals surface area contributed by atoms with E-state index in [2.05, 4.69) is 25.5 Å². The van der Waals surface area contributed by atoms with Crippen molar-refractivity contribution in [3.63, 3.8) is 0 Å². The number of carbonyl (C=O) groups is 1. The molecule has 5 aromatic rings. The zero-order valence-corrected chi connectivity index (χ0v) is 19.1. The molecule has 0 spiro atoms. The molecule has 9 heteroatoms. The molecule has 3 heterocycles. The van der Waals surface area contributed by atoms with Crippen molar-refractivity contribution in [1.82, 2.24) is 20.2 Å². The number of hydrogen-bond donors (Lipinski definition) is 3. The summed E-state index contributed by atoms with van der Waals surface area (Å²) in [5, 5.41) is 9.87. The number of alkyl halides is 3. The number of fused-ring (bicyclic) bond motifs is 1. The van der Waals surface area contributed by atoms with E-state index in [9.17, 15) is 18.0 Å². The highest BCUT2D eigenvalue weighted by molar-refractivity contribution is 6.35. The zero-order chi connectivity index (χ0) is 25.6. The van der Waals surface area contributed by atoms with Crippen molar-refractivity contribution in [1.29, 1.82) is 0 Å². The second-order valence-electron chi connectivity index (χ2n) is 8.56. The van der Waals surface area contributed by atoms with Gasteiger partial charge in [0.25, 0.3) is 5.91 Å². The fourth-order valence-corrected chi connectivity index (χ4v) is 4.31. The number of anilines is 1. The molecule has 0 unspecified atom stereocenters. The van der Waals surface area contributed by atoms with Crippen LogP contribution in [0.25, 0.3) is 45.6 Å². The molecular weight excluding hydrogens is 479 g/mol. The Bertz CT molecular complexity index is 1670. The van der Waals surface area contributed by atoms with Gasteiger partial charge in [-0.3, -0.25) is 9.89 Å². The van der Waals surface area contributed by atoms with E-state index in [0.29, 0.717) is 11.4 Å². The van der Waals surface area contributed by atoms with Gasteiger partial charge < -0.3 is 10.3 Å². The fraction of sp³-hybridized carbons (Fsp3) is 0.0357. The molecule has 6 nitrogen and oxygen atoms in total. The summed E-state index contributed by atoms with van der Waals surface area (Å²) in [6.07, 6.45) is -0.835. The normalized spacial score (nSPS) is 14.1. The molecule has 1 amide bonds. The van der Waals surface area contributed by atoms with E-state index in [0.717, 1.165) is 45.8 Å². The van der Waals surface area contributed by atoms with Crippen molar-refractivity contribution in [3.8, 4) is 33.9 Å². The van der Waals surface area contributed by atoms with Crippen LogP contribution in [0.15, 0.2) is 85.1 Å². The van der Waals surface area contributed by atoms with Gasteiger partial charge in [-0.05, 0) is 53.6 Å². The van der Waals surface area contributed by atoms with E-state index in [1.165, 1.54) is 12.1 Å². The van der Waals surface area contributed by atoms with Gasteiger partial charge in [-0.1, -0.05) is 42.5 Å². The Kier molecular flexibility index (Phi) is 5.26. The molecule has 1 aliphatic rings. The number of hydrogen-bond acceptors (Lipinski definition) is 3. The highest BCUT2D eigenvalue weighted by atomic mass is 19.4. The third kappa shape index (κ3) is 4.31. The minimum Gasteiger partial charge on any atom is -0.362 e. The highest BCUT2D eigenvalue weighted by Crippen LogP contribution is 2.37. The Labute approximate surface area is 208 Å².